The molecule has 1 atom stereocenters. The molecule has 1 saturated heterocycles. The minimum atomic E-state index is 0.208. The third-order valence-electron chi connectivity index (χ3n) is 3.18. The van der Waals surface area contributed by atoms with E-state index in [4.69, 9.17) is 10.7 Å². The number of likely N-dealkylation sites (tertiary alicyclic amines) is 1. The Balaban J connectivity index is 1.91. The first kappa shape index (κ1) is 11.6. The van der Waals surface area contributed by atoms with Gasteiger partial charge in [0.2, 0.25) is 0 Å². The van der Waals surface area contributed by atoms with Gasteiger partial charge in [0.15, 0.2) is 0 Å². The highest BCUT2D eigenvalue weighted by Gasteiger charge is 2.19. The van der Waals surface area contributed by atoms with Crippen molar-refractivity contribution in [3.63, 3.8) is 0 Å². The second-order valence-electron chi connectivity index (χ2n) is 4.62. The summed E-state index contributed by atoms with van der Waals surface area (Å²) >= 11 is 0. The van der Waals surface area contributed by atoms with Crippen molar-refractivity contribution in [2.75, 3.05) is 13.1 Å². The molecule has 1 fully saturated rings. The molecule has 0 bridgehead atoms. The zero-order valence-electron chi connectivity index (χ0n) is 9.86. The fourth-order valence-electron chi connectivity index (χ4n) is 2.22. The van der Waals surface area contributed by atoms with Crippen molar-refractivity contribution < 1.29 is 4.84 Å². The molecule has 1 aromatic carbocycles. The molecule has 0 saturated carbocycles. The van der Waals surface area contributed by atoms with Crippen LogP contribution in [0.5, 0.6) is 0 Å². The molecular formula is C13H20N2O. The zero-order valence-corrected chi connectivity index (χ0v) is 9.86. The first-order valence-electron chi connectivity index (χ1n) is 5.91. The highest BCUT2D eigenvalue weighted by atomic mass is 16.6. The van der Waals surface area contributed by atoms with E-state index in [0.717, 1.165) is 26.1 Å². The smallest absolute Gasteiger partial charge is 0.0914 e. The van der Waals surface area contributed by atoms with E-state index in [1.165, 1.54) is 17.5 Å². The molecule has 1 aliphatic rings. The molecule has 3 heteroatoms. The minimum Gasteiger partial charge on any atom is -0.300 e. The van der Waals surface area contributed by atoms with Crippen molar-refractivity contribution in [3.05, 3.63) is 35.4 Å². The van der Waals surface area contributed by atoms with Crippen LogP contribution in [0.2, 0.25) is 0 Å². The SMILES string of the molecule is Cc1ccc(CN2CCCC(ON)C2)cc1. The summed E-state index contributed by atoms with van der Waals surface area (Å²) in [5.41, 5.74) is 2.67. The Labute approximate surface area is 97.1 Å². The van der Waals surface area contributed by atoms with Crippen LogP contribution in [0.15, 0.2) is 24.3 Å². The van der Waals surface area contributed by atoms with Gasteiger partial charge in [-0.3, -0.25) is 9.74 Å². The van der Waals surface area contributed by atoms with E-state index in [1.807, 2.05) is 0 Å². The molecule has 0 radical (unpaired) electrons. The summed E-state index contributed by atoms with van der Waals surface area (Å²) in [6.45, 7) is 5.21. The fraction of sp³-hybridized carbons (Fsp3) is 0.538. The monoisotopic (exact) mass is 220 g/mol. The van der Waals surface area contributed by atoms with Crippen molar-refractivity contribution in [2.45, 2.75) is 32.4 Å². The molecule has 1 unspecified atom stereocenters. The van der Waals surface area contributed by atoms with E-state index in [0.29, 0.717) is 0 Å². The van der Waals surface area contributed by atoms with Gasteiger partial charge in [0.05, 0.1) is 6.10 Å². The summed E-state index contributed by atoms with van der Waals surface area (Å²) in [5.74, 6) is 5.25. The number of piperidine rings is 1. The average Bonchev–Trinajstić information content (AvgIpc) is 2.32. The van der Waals surface area contributed by atoms with Crippen LogP contribution in [0.25, 0.3) is 0 Å². The maximum atomic E-state index is 5.25. The highest BCUT2D eigenvalue weighted by molar-refractivity contribution is 5.21. The molecule has 2 rings (SSSR count). The van der Waals surface area contributed by atoms with Gasteiger partial charge in [-0.1, -0.05) is 29.8 Å². The van der Waals surface area contributed by atoms with E-state index in [2.05, 4.69) is 36.1 Å². The summed E-state index contributed by atoms with van der Waals surface area (Å²) in [4.78, 5) is 7.34. The molecule has 0 amide bonds. The highest BCUT2D eigenvalue weighted by Crippen LogP contribution is 2.15. The van der Waals surface area contributed by atoms with Gasteiger partial charge in [-0.2, -0.15) is 0 Å². The van der Waals surface area contributed by atoms with Gasteiger partial charge in [-0.25, -0.2) is 5.90 Å². The van der Waals surface area contributed by atoms with Crippen LogP contribution >= 0.6 is 0 Å². The summed E-state index contributed by atoms with van der Waals surface area (Å²) < 4.78 is 0. The molecule has 1 aliphatic heterocycles. The predicted octanol–water partition coefficient (Wildman–Crippen LogP) is 1.85. The summed E-state index contributed by atoms with van der Waals surface area (Å²) in [6.07, 6.45) is 2.47. The number of hydrogen-bond acceptors (Lipinski definition) is 3. The lowest BCUT2D eigenvalue weighted by molar-refractivity contribution is -0.00367. The van der Waals surface area contributed by atoms with E-state index in [1.54, 1.807) is 0 Å². The quantitative estimate of drug-likeness (QED) is 0.790. The largest absolute Gasteiger partial charge is 0.300 e. The lowest BCUT2D eigenvalue weighted by Crippen LogP contribution is -2.40. The molecular weight excluding hydrogens is 200 g/mol. The predicted molar refractivity (Wildman–Crippen MR) is 64.8 cm³/mol. The third-order valence-corrected chi connectivity index (χ3v) is 3.18. The van der Waals surface area contributed by atoms with Gasteiger partial charge in [-0.05, 0) is 31.9 Å². The van der Waals surface area contributed by atoms with Crippen molar-refractivity contribution in [3.8, 4) is 0 Å². The summed E-state index contributed by atoms with van der Waals surface area (Å²) in [6, 6.07) is 8.72. The minimum absolute atomic E-state index is 0.208. The standard InChI is InChI=1S/C13H20N2O/c1-11-4-6-12(7-5-11)9-15-8-2-3-13(10-15)16-14/h4-7,13H,2-3,8-10,14H2,1H3. The third kappa shape index (κ3) is 3.04. The molecule has 88 valence electrons. The molecule has 16 heavy (non-hydrogen) atoms. The summed E-state index contributed by atoms with van der Waals surface area (Å²) in [5, 5.41) is 0. The van der Waals surface area contributed by atoms with Crippen LogP contribution in [0, 0.1) is 6.92 Å². The van der Waals surface area contributed by atoms with Gasteiger partial charge in [0.25, 0.3) is 0 Å². The van der Waals surface area contributed by atoms with E-state index < -0.39 is 0 Å². The van der Waals surface area contributed by atoms with Crippen molar-refractivity contribution in [1.82, 2.24) is 4.90 Å². The Hall–Kier alpha value is -0.900. The molecule has 3 nitrogen and oxygen atoms in total. The number of aryl methyl sites for hydroxylation is 1. The maximum absolute atomic E-state index is 5.25. The van der Waals surface area contributed by atoms with Gasteiger partial charge in [0, 0.05) is 13.1 Å². The average molecular weight is 220 g/mol. The van der Waals surface area contributed by atoms with Crippen LogP contribution in [0.3, 0.4) is 0 Å². The fourth-order valence-corrected chi connectivity index (χ4v) is 2.22. The number of rotatable bonds is 3. The first-order chi connectivity index (χ1) is 7.78. The normalized spacial score (nSPS) is 22.2. The van der Waals surface area contributed by atoms with Crippen molar-refractivity contribution in [2.24, 2.45) is 5.90 Å². The van der Waals surface area contributed by atoms with E-state index in [9.17, 15) is 0 Å². The van der Waals surface area contributed by atoms with Gasteiger partial charge < -0.3 is 0 Å². The molecule has 0 aliphatic carbocycles. The lowest BCUT2D eigenvalue weighted by atomic mass is 10.1. The Kier molecular flexibility index (Phi) is 3.93. The molecule has 1 aromatic rings. The Morgan fingerprint density at radius 3 is 2.81 bits per heavy atom. The van der Waals surface area contributed by atoms with Gasteiger partial charge >= 0.3 is 0 Å². The Bertz CT molecular complexity index is 323. The number of hydrogen-bond donors (Lipinski definition) is 1. The molecule has 0 spiro atoms. The van der Waals surface area contributed by atoms with Crippen LogP contribution < -0.4 is 5.90 Å². The second kappa shape index (κ2) is 5.43. The zero-order chi connectivity index (χ0) is 11.4. The topological polar surface area (TPSA) is 38.5 Å². The molecule has 1 heterocycles. The van der Waals surface area contributed by atoms with Gasteiger partial charge in [0.1, 0.15) is 0 Å². The van der Waals surface area contributed by atoms with Crippen molar-refractivity contribution in [1.29, 1.82) is 0 Å². The second-order valence-corrected chi connectivity index (χ2v) is 4.62. The summed E-state index contributed by atoms with van der Waals surface area (Å²) in [7, 11) is 0. The van der Waals surface area contributed by atoms with Crippen LogP contribution in [-0.2, 0) is 11.4 Å². The van der Waals surface area contributed by atoms with Crippen LogP contribution in [0.4, 0.5) is 0 Å². The van der Waals surface area contributed by atoms with E-state index >= 15 is 0 Å². The Morgan fingerprint density at radius 2 is 2.12 bits per heavy atom. The van der Waals surface area contributed by atoms with Crippen LogP contribution in [0.1, 0.15) is 24.0 Å². The van der Waals surface area contributed by atoms with E-state index in [-0.39, 0.29) is 6.10 Å². The number of nitrogens with two attached hydrogens (primary N) is 1. The first-order valence-corrected chi connectivity index (χ1v) is 5.91. The van der Waals surface area contributed by atoms with Crippen molar-refractivity contribution >= 4 is 0 Å². The Morgan fingerprint density at radius 1 is 1.38 bits per heavy atom. The lowest BCUT2D eigenvalue weighted by Gasteiger charge is -2.31. The van der Waals surface area contributed by atoms with Gasteiger partial charge in [-0.15, -0.1) is 0 Å². The maximum Gasteiger partial charge on any atom is 0.0914 e. The van der Waals surface area contributed by atoms with Crippen LogP contribution in [-0.4, -0.2) is 24.1 Å². The number of benzene rings is 1. The number of nitrogens with zero attached hydrogens (tertiary/aromatic N) is 1. The molecule has 0 aromatic heterocycles. The molecule has 2 N–H and O–H groups in total.